The Morgan fingerprint density at radius 3 is 2.03 bits per heavy atom. The standard InChI is InChI=1S/C22H29N3O4S/c1-5-25(6-2)30(28,29)20-9-7-8-17(15-20)22(27)24-19-12-10-18(11-13-19)23-21(26)14-16(3)4/h7-13,15-16H,5-6,14H2,1-4H3,(H,23,26)(H,24,27). The summed E-state index contributed by atoms with van der Waals surface area (Å²) in [6.07, 6.45) is 0.436. The molecular formula is C22H29N3O4S. The van der Waals surface area contributed by atoms with Gasteiger partial charge in [0.15, 0.2) is 0 Å². The summed E-state index contributed by atoms with van der Waals surface area (Å²) in [6, 6.07) is 12.8. The van der Waals surface area contributed by atoms with Gasteiger partial charge in [-0.15, -0.1) is 0 Å². The van der Waals surface area contributed by atoms with Crippen molar-refractivity contribution in [3.05, 3.63) is 54.1 Å². The highest BCUT2D eigenvalue weighted by Crippen LogP contribution is 2.19. The molecule has 2 amide bonds. The van der Waals surface area contributed by atoms with E-state index in [1.54, 1.807) is 50.2 Å². The predicted octanol–water partition coefficient (Wildman–Crippen LogP) is 3.95. The SMILES string of the molecule is CCN(CC)S(=O)(=O)c1cccc(C(=O)Nc2ccc(NC(=O)CC(C)C)cc2)c1. The summed E-state index contributed by atoms with van der Waals surface area (Å²) in [6.45, 7) is 8.20. The number of hydrogen-bond donors (Lipinski definition) is 2. The van der Waals surface area contributed by atoms with E-state index in [0.717, 1.165) is 0 Å². The van der Waals surface area contributed by atoms with Gasteiger partial charge in [0.25, 0.3) is 5.91 Å². The van der Waals surface area contributed by atoms with E-state index in [0.29, 0.717) is 30.9 Å². The average molecular weight is 432 g/mol. The molecule has 0 radical (unpaired) electrons. The molecule has 30 heavy (non-hydrogen) atoms. The fraction of sp³-hybridized carbons (Fsp3) is 0.364. The second kappa shape index (κ2) is 10.4. The van der Waals surface area contributed by atoms with Crippen molar-refractivity contribution in [2.45, 2.75) is 39.0 Å². The van der Waals surface area contributed by atoms with E-state index >= 15 is 0 Å². The van der Waals surface area contributed by atoms with Crippen molar-refractivity contribution in [2.75, 3.05) is 23.7 Å². The summed E-state index contributed by atoms with van der Waals surface area (Å²) in [5, 5.41) is 5.55. The van der Waals surface area contributed by atoms with Crippen LogP contribution in [-0.4, -0.2) is 37.6 Å². The summed E-state index contributed by atoms with van der Waals surface area (Å²) >= 11 is 0. The van der Waals surface area contributed by atoms with E-state index in [1.165, 1.54) is 16.4 Å². The first-order valence-electron chi connectivity index (χ1n) is 9.98. The second-order valence-electron chi connectivity index (χ2n) is 7.29. The number of hydrogen-bond acceptors (Lipinski definition) is 4. The minimum atomic E-state index is -3.64. The Labute approximate surface area is 178 Å². The molecule has 0 aliphatic heterocycles. The molecule has 162 valence electrons. The Hall–Kier alpha value is -2.71. The van der Waals surface area contributed by atoms with Crippen molar-refractivity contribution in [1.82, 2.24) is 4.31 Å². The fourth-order valence-corrected chi connectivity index (χ4v) is 4.44. The van der Waals surface area contributed by atoms with Gasteiger partial charge in [0.2, 0.25) is 15.9 Å². The largest absolute Gasteiger partial charge is 0.326 e. The van der Waals surface area contributed by atoms with Crippen molar-refractivity contribution < 1.29 is 18.0 Å². The van der Waals surface area contributed by atoms with E-state index < -0.39 is 15.9 Å². The molecule has 2 aromatic carbocycles. The molecule has 0 aliphatic rings. The maximum Gasteiger partial charge on any atom is 0.255 e. The normalized spacial score (nSPS) is 11.5. The van der Waals surface area contributed by atoms with Gasteiger partial charge < -0.3 is 10.6 Å². The first-order valence-corrected chi connectivity index (χ1v) is 11.4. The van der Waals surface area contributed by atoms with E-state index in [9.17, 15) is 18.0 Å². The van der Waals surface area contributed by atoms with Crippen LogP contribution in [0, 0.1) is 5.92 Å². The smallest absolute Gasteiger partial charge is 0.255 e. The second-order valence-corrected chi connectivity index (χ2v) is 9.23. The molecule has 0 spiro atoms. The Kier molecular flexibility index (Phi) is 8.14. The molecule has 0 aliphatic carbocycles. The lowest BCUT2D eigenvalue weighted by Crippen LogP contribution is -2.30. The number of nitrogens with zero attached hydrogens (tertiary/aromatic N) is 1. The zero-order valence-electron chi connectivity index (χ0n) is 17.8. The van der Waals surface area contributed by atoms with Gasteiger partial charge in [-0.25, -0.2) is 8.42 Å². The molecule has 0 fully saturated rings. The molecule has 0 aromatic heterocycles. The summed E-state index contributed by atoms with van der Waals surface area (Å²) in [7, 11) is -3.64. The molecule has 0 bridgehead atoms. The van der Waals surface area contributed by atoms with Crippen molar-refractivity contribution in [3.63, 3.8) is 0 Å². The minimum absolute atomic E-state index is 0.0620. The third-order valence-corrected chi connectivity index (χ3v) is 6.51. The van der Waals surface area contributed by atoms with Gasteiger partial charge in [0, 0.05) is 36.4 Å². The molecule has 7 nitrogen and oxygen atoms in total. The quantitative estimate of drug-likeness (QED) is 0.628. The lowest BCUT2D eigenvalue weighted by molar-refractivity contribution is -0.116. The number of anilines is 2. The summed E-state index contributed by atoms with van der Waals surface area (Å²) in [4.78, 5) is 24.5. The number of amides is 2. The van der Waals surface area contributed by atoms with Gasteiger partial charge in [0.05, 0.1) is 4.90 Å². The topological polar surface area (TPSA) is 95.6 Å². The molecule has 0 saturated carbocycles. The highest BCUT2D eigenvalue weighted by atomic mass is 32.2. The number of carbonyl (C=O) groups excluding carboxylic acids is 2. The van der Waals surface area contributed by atoms with E-state index in [4.69, 9.17) is 0 Å². The zero-order chi connectivity index (χ0) is 22.3. The van der Waals surface area contributed by atoms with Crippen LogP contribution in [0.4, 0.5) is 11.4 Å². The Bertz CT molecular complexity index is 982. The lowest BCUT2D eigenvalue weighted by atomic mass is 10.1. The van der Waals surface area contributed by atoms with E-state index in [2.05, 4.69) is 10.6 Å². The third-order valence-electron chi connectivity index (χ3n) is 4.46. The summed E-state index contributed by atoms with van der Waals surface area (Å²) in [5.74, 6) is -0.207. The number of nitrogens with one attached hydrogen (secondary N) is 2. The number of sulfonamides is 1. The molecule has 0 unspecified atom stereocenters. The predicted molar refractivity (Wildman–Crippen MR) is 119 cm³/mol. The monoisotopic (exact) mass is 431 g/mol. The molecule has 0 heterocycles. The van der Waals surface area contributed by atoms with Crippen molar-refractivity contribution in [3.8, 4) is 0 Å². The molecule has 0 atom stereocenters. The third kappa shape index (κ3) is 6.14. The summed E-state index contributed by atoms with van der Waals surface area (Å²) < 4.78 is 26.7. The van der Waals surface area contributed by atoms with Gasteiger partial charge in [-0.05, 0) is 48.4 Å². The van der Waals surface area contributed by atoms with E-state index in [1.807, 2.05) is 13.8 Å². The highest BCUT2D eigenvalue weighted by Gasteiger charge is 2.22. The van der Waals surface area contributed by atoms with Crippen LogP contribution >= 0.6 is 0 Å². The van der Waals surface area contributed by atoms with Crippen LogP contribution in [0.15, 0.2) is 53.4 Å². The zero-order valence-corrected chi connectivity index (χ0v) is 18.6. The van der Waals surface area contributed by atoms with E-state index in [-0.39, 0.29) is 22.3 Å². The minimum Gasteiger partial charge on any atom is -0.326 e. The van der Waals surface area contributed by atoms with Crippen molar-refractivity contribution >= 4 is 33.2 Å². The Morgan fingerprint density at radius 2 is 1.50 bits per heavy atom. The Morgan fingerprint density at radius 1 is 0.933 bits per heavy atom. The molecule has 2 rings (SSSR count). The molecule has 8 heteroatoms. The van der Waals surface area contributed by atoms with Crippen molar-refractivity contribution in [2.24, 2.45) is 5.92 Å². The first-order chi connectivity index (χ1) is 14.2. The lowest BCUT2D eigenvalue weighted by Gasteiger charge is -2.18. The van der Waals surface area contributed by atoms with Gasteiger partial charge in [0.1, 0.15) is 0 Å². The maximum atomic E-state index is 12.7. The van der Waals surface area contributed by atoms with Crippen LogP contribution < -0.4 is 10.6 Å². The molecule has 0 saturated heterocycles. The molecule has 2 N–H and O–H groups in total. The van der Waals surface area contributed by atoms with Crippen LogP contribution in [0.25, 0.3) is 0 Å². The van der Waals surface area contributed by atoms with Crippen LogP contribution in [0.5, 0.6) is 0 Å². The molecule has 2 aromatic rings. The first kappa shape index (κ1) is 23.6. The van der Waals surface area contributed by atoms with Gasteiger partial charge in [-0.2, -0.15) is 4.31 Å². The van der Waals surface area contributed by atoms with Gasteiger partial charge in [-0.3, -0.25) is 9.59 Å². The van der Waals surface area contributed by atoms with Crippen LogP contribution in [-0.2, 0) is 14.8 Å². The molecular weight excluding hydrogens is 402 g/mol. The van der Waals surface area contributed by atoms with Gasteiger partial charge in [-0.1, -0.05) is 33.8 Å². The fourth-order valence-electron chi connectivity index (χ4n) is 2.93. The maximum absolute atomic E-state index is 12.7. The average Bonchev–Trinajstić information content (AvgIpc) is 2.69. The Balaban J connectivity index is 2.10. The number of carbonyl (C=O) groups is 2. The summed E-state index contributed by atoms with van der Waals surface area (Å²) in [5.41, 5.74) is 1.43. The number of benzene rings is 2. The van der Waals surface area contributed by atoms with Gasteiger partial charge >= 0.3 is 0 Å². The van der Waals surface area contributed by atoms with Crippen LogP contribution in [0.3, 0.4) is 0 Å². The van der Waals surface area contributed by atoms with Crippen LogP contribution in [0.2, 0.25) is 0 Å². The van der Waals surface area contributed by atoms with Crippen molar-refractivity contribution in [1.29, 1.82) is 0 Å². The highest BCUT2D eigenvalue weighted by molar-refractivity contribution is 7.89. The van der Waals surface area contributed by atoms with Crippen LogP contribution in [0.1, 0.15) is 44.5 Å². The number of rotatable bonds is 9.